The van der Waals surface area contributed by atoms with E-state index in [9.17, 15) is 18.0 Å². The fourth-order valence-electron chi connectivity index (χ4n) is 4.02. The third kappa shape index (κ3) is 3.85. The smallest absolute Gasteiger partial charge is 0.410 e. The number of nitrogens with one attached hydrogen (secondary N) is 2. The van der Waals surface area contributed by atoms with Crippen LogP contribution in [0.3, 0.4) is 0 Å². The number of aromatic nitrogens is 4. The lowest BCUT2D eigenvalue weighted by Gasteiger charge is -2.33. The first kappa shape index (κ1) is 21.2. The Kier molecular flexibility index (Phi) is 4.94. The van der Waals surface area contributed by atoms with Gasteiger partial charge in [-0.15, -0.1) is 0 Å². The van der Waals surface area contributed by atoms with Crippen LogP contribution in [0.2, 0.25) is 0 Å². The van der Waals surface area contributed by atoms with E-state index in [1.165, 1.54) is 6.07 Å². The molecule has 9 nitrogen and oxygen atoms in total. The number of carbonyl (C=O) groups excluding carboxylic acids is 1. The summed E-state index contributed by atoms with van der Waals surface area (Å²) < 4.78 is 54.9. The fourth-order valence-corrected chi connectivity index (χ4v) is 4.02. The van der Waals surface area contributed by atoms with E-state index in [4.69, 9.17) is 9.47 Å². The Hall–Kier alpha value is -3.70. The zero-order chi connectivity index (χ0) is 23.3. The first-order valence-corrected chi connectivity index (χ1v) is 10.3. The number of amides is 1. The minimum Gasteiger partial charge on any atom is -0.454 e. The second-order valence-corrected chi connectivity index (χ2v) is 8.02. The lowest BCUT2D eigenvalue weighted by atomic mass is 9.96. The number of anilines is 1. The third-order valence-corrected chi connectivity index (χ3v) is 6.00. The van der Waals surface area contributed by atoms with Crippen LogP contribution in [0.4, 0.5) is 19.0 Å². The number of carbonyl (C=O) groups is 1. The van der Waals surface area contributed by atoms with Gasteiger partial charge in [-0.1, -0.05) is 6.07 Å². The van der Waals surface area contributed by atoms with Crippen molar-refractivity contribution in [2.45, 2.75) is 38.1 Å². The lowest BCUT2D eigenvalue weighted by molar-refractivity contribution is -0.173. The van der Waals surface area contributed by atoms with E-state index in [0.717, 1.165) is 15.9 Å². The van der Waals surface area contributed by atoms with Gasteiger partial charge in [0.2, 0.25) is 6.79 Å². The Morgan fingerprint density at radius 1 is 1.27 bits per heavy atom. The number of fused-ring (bicyclic) bond motifs is 2. The molecule has 0 saturated carbocycles. The van der Waals surface area contributed by atoms with E-state index < -0.39 is 24.2 Å². The van der Waals surface area contributed by atoms with E-state index >= 15 is 0 Å². The first-order chi connectivity index (χ1) is 15.7. The van der Waals surface area contributed by atoms with Crippen molar-refractivity contribution in [3.8, 4) is 11.5 Å². The van der Waals surface area contributed by atoms with Crippen molar-refractivity contribution in [2.75, 3.05) is 12.1 Å². The Morgan fingerprint density at radius 2 is 2.06 bits per heavy atom. The van der Waals surface area contributed by atoms with E-state index in [1.54, 1.807) is 36.1 Å². The molecule has 4 heterocycles. The number of aryl methyl sites for hydroxylation is 1. The zero-order valence-electron chi connectivity index (χ0n) is 17.8. The molecule has 0 bridgehead atoms. The van der Waals surface area contributed by atoms with E-state index in [-0.39, 0.29) is 31.3 Å². The molecule has 0 spiro atoms. The maximum atomic E-state index is 13.9. The second kappa shape index (κ2) is 7.71. The van der Waals surface area contributed by atoms with Gasteiger partial charge in [-0.05, 0) is 24.6 Å². The summed E-state index contributed by atoms with van der Waals surface area (Å²) in [6.07, 6.45) is -3.20. The highest BCUT2D eigenvalue weighted by Gasteiger charge is 2.47. The Balaban J connectivity index is 1.39. The summed E-state index contributed by atoms with van der Waals surface area (Å²) in [5.74, 6) is 0.592. The van der Waals surface area contributed by atoms with Crippen LogP contribution in [0.5, 0.6) is 11.5 Å². The SMILES string of the molecule is Cc1c(CNC(=O)c2cc3n(n2)[C@H](C(F)(F)F)C[C@H](c2ccc4c(c2)OCO4)N3)cnn1C. The average Bonchev–Trinajstić information content (AvgIpc) is 3.49. The molecule has 5 rings (SSSR count). The number of halogens is 3. The molecular formula is C21H21F3N6O3. The molecule has 3 aromatic rings. The molecule has 12 heteroatoms. The molecule has 33 heavy (non-hydrogen) atoms. The second-order valence-electron chi connectivity index (χ2n) is 8.02. The molecule has 0 saturated heterocycles. The summed E-state index contributed by atoms with van der Waals surface area (Å²) in [4.78, 5) is 12.6. The van der Waals surface area contributed by atoms with Crippen molar-refractivity contribution >= 4 is 11.7 Å². The predicted octanol–water partition coefficient (Wildman–Crippen LogP) is 3.24. The Labute approximate surface area is 186 Å². The van der Waals surface area contributed by atoms with Gasteiger partial charge in [-0.2, -0.15) is 23.4 Å². The molecule has 0 fully saturated rings. The molecule has 0 aliphatic carbocycles. The fraction of sp³-hybridized carbons (Fsp3) is 0.381. The molecule has 2 N–H and O–H groups in total. The van der Waals surface area contributed by atoms with Crippen LogP contribution in [0, 0.1) is 6.92 Å². The van der Waals surface area contributed by atoms with Gasteiger partial charge in [-0.25, -0.2) is 4.68 Å². The molecular weight excluding hydrogens is 441 g/mol. The van der Waals surface area contributed by atoms with Gasteiger partial charge in [0.25, 0.3) is 5.91 Å². The minimum absolute atomic E-state index is 0.0753. The van der Waals surface area contributed by atoms with Gasteiger partial charge in [0, 0.05) is 37.3 Å². The molecule has 1 aromatic carbocycles. The number of alkyl halides is 3. The molecule has 2 aromatic heterocycles. The van der Waals surface area contributed by atoms with Gasteiger partial charge in [-0.3, -0.25) is 9.48 Å². The van der Waals surface area contributed by atoms with Crippen molar-refractivity contribution in [1.29, 1.82) is 0 Å². The zero-order valence-corrected chi connectivity index (χ0v) is 17.8. The third-order valence-electron chi connectivity index (χ3n) is 6.00. The average molecular weight is 462 g/mol. The van der Waals surface area contributed by atoms with Gasteiger partial charge >= 0.3 is 6.18 Å². The standard InChI is InChI=1S/C21H21F3N6O3/c1-11-13(9-26-29(11)2)8-25-20(31)15-7-19-27-14(6-18(21(22,23)24)30(19)28-15)12-3-4-16-17(5-12)33-10-32-16/h3-5,7,9,14,18,27H,6,8,10H2,1-2H3,(H,25,31)/t14-,18+/m1/s1. The van der Waals surface area contributed by atoms with Crippen molar-refractivity contribution in [3.63, 3.8) is 0 Å². The van der Waals surface area contributed by atoms with E-state index in [0.29, 0.717) is 17.1 Å². The highest BCUT2D eigenvalue weighted by molar-refractivity contribution is 5.93. The molecule has 2 aliphatic rings. The van der Waals surface area contributed by atoms with Gasteiger partial charge in [0.05, 0.1) is 12.2 Å². The van der Waals surface area contributed by atoms with Crippen LogP contribution >= 0.6 is 0 Å². The number of ether oxygens (including phenoxy) is 2. The van der Waals surface area contributed by atoms with E-state index in [1.807, 2.05) is 6.92 Å². The summed E-state index contributed by atoms with van der Waals surface area (Å²) >= 11 is 0. The van der Waals surface area contributed by atoms with E-state index in [2.05, 4.69) is 20.8 Å². The first-order valence-electron chi connectivity index (χ1n) is 10.3. The van der Waals surface area contributed by atoms with Gasteiger partial charge < -0.3 is 20.1 Å². The maximum Gasteiger partial charge on any atom is 0.410 e. The maximum absolute atomic E-state index is 13.9. The number of benzene rings is 1. The molecule has 174 valence electrons. The molecule has 2 aliphatic heterocycles. The normalized spacial score (nSPS) is 19.2. The number of nitrogens with zero attached hydrogens (tertiary/aromatic N) is 4. The van der Waals surface area contributed by atoms with Crippen LogP contribution < -0.4 is 20.1 Å². The molecule has 0 radical (unpaired) electrons. The molecule has 1 amide bonds. The summed E-state index contributed by atoms with van der Waals surface area (Å²) in [6, 6.07) is 3.85. The van der Waals surface area contributed by atoms with Crippen molar-refractivity contribution in [1.82, 2.24) is 24.9 Å². The predicted molar refractivity (Wildman–Crippen MR) is 110 cm³/mol. The van der Waals surface area contributed by atoms with Crippen LogP contribution in [-0.2, 0) is 13.6 Å². The monoisotopic (exact) mass is 462 g/mol. The van der Waals surface area contributed by atoms with Crippen LogP contribution in [0.15, 0.2) is 30.5 Å². The molecule has 0 unspecified atom stereocenters. The Bertz CT molecular complexity index is 1220. The minimum atomic E-state index is -4.54. The molecule has 2 atom stereocenters. The topological polar surface area (TPSA) is 95.2 Å². The number of rotatable bonds is 4. The highest BCUT2D eigenvalue weighted by atomic mass is 19.4. The van der Waals surface area contributed by atoms with Crippen LogP contribution in [0.1, 0.15) is 45.8 Å². The lowest BCUT2D eigenvalue weighted by Crippen LogP contribution is -2.35. The number of hydrogen-bond donors (Lipinski definition) is 2. The van der Waals surface area contributed by atoms with Gasteiger partial charge in [0.15, 0.2) is 23.2 Å². The highest BCUT2D eigenvalue weighted by Crippen LogP contribution is 2.45. The van der Waals surface area contributed by atoms with Crippen molar-refractivity contribution in [3.05, 3.63) is 53.0 Å². The Morgan fingerprint density at radius 3 is 2.79 bits per heavy atom. The van der Waals surface area contributed by atoms with Crippen molar-refractivity contribution < 1.29 is 27.4 Å². The number of hydrogen-bond acceptors (Lipinski definition) is 6. The summed E-state index contributed by atoms with van der Waals surface area (Å²) in [5, 5.41) is 13.9. The summed E-state index contributed by atoms with van der Waals surface area (Å²) in [6.45, 7) is 2.13. The van der Waals surface area contributed by atoms with Crippen LogP contribution in [-0.4, -0.2) is 38.4 Å². The van der Waals surface area contributed by atoms with Gasteiger partial charge in [0.1, 0.15) is 5.82 Å². The van der Waals surface area contributed by atoms with Crippen LogP contribution in [0.25, 0.3) is 0 Å². The largest absolute Gasteiger partial charge is 0.454 e. The summed E-state index contributed by atoms with van der Waals surface area (Å²) in [5.41, 5.74) is 2.22. The quantitative estimate of drug-likeness (QED) is 0.618. The summed E-state index contributed by atoms with van der Waals surface area (Å²) in [7, 11) is 1.78. The van der Waals surface area contributed by atoms with Crippen molar-refractivity contribution in [2.24, 2.45) is 7.05 Å².